The smallest absolute Gasteiger partial charge is 0.303 e. The largest absolute Gasteiger partial charge is 0.481 e. The first-order chi connectivity index (χ1) is 18.2. The van der Waals surface area contributed by atoms with E-state index in [4.69, 9.17) is 39.9 Å². The van der Waals surface area contributed by atoms with Crippen LogP contribution in [0, 0.1) is 0 Å². The van der Waals surface area contributed by atoms with Crippen molar-refractivity contribution in [3.8, 4) is 11.1 Å². The molecule has 1 aromatic heterocycles. The van der Waals surface area contributed by atoms with Crippen LogP contribution in [0.2, 0.25) is 15.1 Å². The SMILES string of the molecule is O=C(O)CCC(=O)N1N=C(c2c(-c3ccc(Cl)cc3)c3ccccc3[nH]c2=O)CC1c1ccc(Cl)cc1Cl. The van der Waals surface area contributed by atoms with Crippen molar-refractivity contribution in [2.24, 2.45) is 5.10 Å². The topological polar surface area (TPSA) is 103 Å². The van der Waals surface area contributed by atoms with Crippen molar-refractivity contribution in [3.63, 3.8) is 0 Å². The molecular formula is C28H20Cl3N3O4. The number of aromatic amines is 1. The molecule has 0 spiro atoms. The molecular weight excluding hydrogens is 549 g/mol. The number of fused-ring (bicyclic) bond motifs is 1. The molecule has 192 valence electrons. The number of nitrogens with one attached hydrogen (secondary N) is 1. The number of nitrogens with zero attached hydrogens (tertiary/aromatic N) is 2. The van der Waals surface area contributed by atoms with Gasteiger partial charge >= 0.3 is 5.97 Å². The van der Waals surface area contributed by atoms with E-state index in [1.54, 1.807) is 30.3 Å². The first-order valence-corrected chi connectivity index (χ1v) is 12.8. The van der Waals surface area contributed by atoms with E-state index < -0.39 is 17.9 Å². The Morgan fingerprint density at radius 3 is 2.37 bits per heavy atom. The normalized spacial score (nSPS) is 15.1. The minimum absolute atomic E-state index is 0.183. The summed E-state index contributed by atoms with van der Waals surface area (Å²) < 4.78 is 0. The predicted octanol–water partition coefficient (Wildman–Crippen LogP) is 6.70. The van der Waals surface area contributed by atoms with Gasteiger partial charge in [-0.25, -0.2) is 5.01 Å². The number of carbonyl (C=O) groups excluding carboxylic acids is 1. The number of aliphatic carboxylic acids is 1. The van der Waals surface area contributed by atoms with Gasteiger partial charge in [-0.2, -0.15) is 5.10 Å². The summed E-state index contributed by atoms with van der Waals surface area (Å²) in [4.78, 5) is 40.8. The molecule has 7 nitrogen and oxygen atoms in total. The standard InChI is InChI=1S/C28H20Cl3N3O4/c29-16-7-5-15(6-8-16)26-19-3-1-2-4-21(19)32-28(38)27(26)22-14-23(18-10-9-17(30)13-20(18)31)34(33-22)24(35)11-12-25(36)37/h1-10,13,23H,11-12,14H2,(H,32,38)(H,36,37). The lowest BCUT2D eigenvalue weighted by Gasteiger charge is -2.23. The maximum absolute atomic E-state index is 13.5. The van der Waals surface area contributed by atoms with Crippen LogP contribution in [0.4, 0.5) is 0 Å². The zero-order valence-corrected chi connectivity index (χ0v) is 22.0. The number of aromatic nitrogens is 1. The fourth-order valence-corrected chi connectivity index (χ4v) is 5.33. The van der Waals surface area contributed by atoms with Crippen LogP contribution in [0.5, 0.6) is 0 Å². The fraction of sp³-hybridized carbons (Fsp3) is 0.143. The maximum Gasteiger partial charge on any atom is 0.303 e. The summed E-state index contributed by atoms with van der Waals surface area (Å²) in [7, 11) is 0. The van der Waals surface area contributed by atoms with Gasteiger partial charge in [0.2, 0.25) is 5.91 Å². The van der Waals surface area contributed by atoms with Crippen LogP contribution < -0.4 is 5.56 Å². The van der Waals surface area contributed by atoms with Gasteiger partial charge in [0, 0.05) is 44.4 Å². The number of pyridine rings is 1. The number of para-hydroxylation sites is 1. The summed E-state index contributed by atoms with van der Waals surface area (Å²) in [5.41, 5.74) is 2.97. The van der Waals surface area contributed by atoms with E-state index in [0.29, 0.717) is 43.0 Å². The van der Waals surface area contributed by atoms with E-state index in [1.807, 2.05) is 36.4 Å². The van der Waals surface area contributed by atoms with Crippen LogP contribution in [0.1, 0.15) is 36.4 Å². The molecule has 0 fully saturated rings. The number of hydrazone groups is 1. The third kappa shape index (κ3) is 5.05. The Bertz CT molecular complexity index is 1660. The minimum atomic E-state index is -1.10. The summed E-state index contributed by atoms with van der Waals surface area (Å²) in [6.07, 6.45) is -0.429. The van der Waals surface area contributed by atoms with Gasteiger partial charge in [-0.15, -0.1) is 0 Å². The summed E-state index contributed by atoms with van der Waals surface area (Å²) in [5, 5.41) is 17.1. The highest BCUT2D eigenvalue weighted by atomic mass is 35.5. The molecule has 0 radical (unpaired) electrons. The second-order valence-corrected chi connectivity index (χ2v) is 10.1. The lowest BCUT2D eigenvalue weighted by molar-refractivity contribution is -0.141. The molecule has 38 heavy (non-hydrogen) atoms. The number of benzene rings is 3. The van der Waals surface area contributed by atoms with Gasteiger partial charge in [0.05, 0.1) is 23.7 Å². The highest BCUT2D eigenvalue weighted by Gasteiger charge is 2.36. The molecule has 4 aromatic rings. The highest BCUT2D eigenvalue weighted by molar-refractivity contribution is 6.35. The molecule has 0 saturated carbocycles. The number of hydrogen-bond donors (Lipinski definition) is 2. The number of carboxylic acid groups (broad SMARTS) is 1. The van der Waals surface area contributed by atoms with Crippen molar-refractivity contribution >= 4 is 63.3 Å². The molecule has 5 rings (SSSR count). The Kier molecular flexibility index (Phi) is 7.25. The Labute approximate surface area is 232 Å². The summed E-state index contributed by atoms with van der Waals surface area (Å²) in [5.74, 6) is -1.59. The first-order valence-electron chi connectivity index (χ1n) is 11.7. The molecule has 10 heteroatoms. The highest BCUT2D eigenvalue weighted by Crippen LogP contribution is 2.40. The average molecular weight is 569 g/mol. The Balaban J connectivity index is 1.70. The minimum Gasteiger partial charge on any atom is -0.481 e. The van der Waals surface area contributed by atoms with Crippen LogP contribution in [-0.4, -0.2) is 32.7 Å². The lowest BCUT2D eigenvalue weighted by atomic mass is 9.91. The number of carbonyl (C=O) groups is 2. The van der Waals surface area contributed by atoms with Gasteiger partial charge in [-0.05, 0) is 41.5 Å². The Morgan fingerprint density at radius 1 is 0.947 bits per heavy atom. The number of amides is 1. The van der Waals surface area contributed by atoms with Gasteiger partial charge < -0.3 is 10.1 Å². The summed E-state index contributed by atoms with van der Waals surface area (Å²) in [6.45, 7) is 0. The van der Waals surface area contributed by atoms with E-state index in [2.05, 4.69) is 10.1 Å². The van der Waals surface area contributed by atoms with Crippen molar-refractivity contribution < 1.29 is 14.7 Å². The Morgan fingerprint density at radius 2 is 1.66 bits per heavy atom. The third-order valence-corrected chi connectivity index (χ3v) is 7.20. The van der Waals surface area contributed by atoms with Crippen molar-refractivity contribution in [2.45, 2.75) is 25.3 Å². The average Bonchev–Trinajstić information content (AvgIpc) is 3.31. The molecule has 2 heterocycles. The molecule has 1 aliphatic rings. The zero-order chi connectivity index (χ0) is 27.0. The Hall–Kier alpha value is -3.65. The van der Waals surface area contributed by atoms with E-state index in [1.165, 1.54) is 5.01 Å². The van der Waals surface area contributed by atoms with Crippen LogP contribution in [0.25, 0.3) is 22.0 Å². The van der Waals surface area contributed by atoms with E-state index >= 15 is 0 Å². The number of H-pyrrole nitrogens is 1. The van der Waals surface area contributed by atoms with Crippen molar-refractivity contribution in [1.82, 2.24) is 9.99 Å². The van der Waals surface area contributed by atoms with Crippen molar-refractivity contribution in [2.75, 3.05) is 0 Å². The number of rotatable bonds is 6. The second kappa shape index (κ2) is 10.6. The van der Waals surface area contributed by atoms with Gasteiger partial charge in [0.1, 0.15) is 0 Å². The molecule has 1 unspecified atom stereocenters. The zero-order valence-electron chi connectivity index (χ0n) is 19.7. The number of halogens is 3. The maximum atomic E-state index is 13.5. The van der Waals surface area contributed by atoms with Gasteiger partial charge in [0.25, 0.3) is 5.56 Å². The third-order valence-electron chi connectivity index (χ3n) is 6.38. The molecule has 2 N–H and O–H groups in total. The lowest BCUT2D eigenvalue weighted by Crippen LogP contribution is -2.27. The number of carboxylic acids is 1. The van der Waals surface area contributed by atoms with E-state index in [9.17, 15) is 14.4 Å². The predicted molar refractivity (Wildman–Crippen MR) is 149 cm³/mol. The van der Waals surface area contributed by atoms with Gasteiger partial charge in [-0.1, -0.05) is 71.2 Å². The molecule has 1 amide bonds. The van der Waals surface area contributed by atoms with E-state index in [0.717, 1.165) is 10.9 Å². The van der Waals surface area contributed by atoms with Crippen LogP contribution in [-0.2, 0) is 9.59 Å². The van der Waals surface area contributed by atoms with Crippen molar-refractivity contribution in [3.05, 3.63) is 103 Å². The summed E-state index contributed by atoms with van der Waals surface area (Å²) in [6, 6.07) is 18.8. The van der Waals surface area contributed by atoms with E-state index in [-0.39, 0.29) is 24.8 Å². The fourth-order valence-electron chi connectivity index (χ4n) is 4.67. The molecule has 0 bridgehead atoms. The molecule has 0 aliphatic carbocycles. The number of hydrogen-bond acceptors (Lipinski definition) is 4. The van der Waals surface area contributed by atoms with Crippen LogP contribution in [0.15, 0.2) is 76.6 Å². The van der Waals surface area contributed by atoms with Gasteiger partial charge in [0.15, 0.2) is 0 Å². The monoisotopic (exact) mass is 567 g/mol. The molecule has 1 aliphatic heterocycles. The quantitative estimate of drug-likeness (QED) is 0.270. The molecule has 3 aromatic carbocycles. The first kappa shape index (κ1) is 26.0. The van der Waals surface area contributed by atoms with Crippen LogP contribution >= 0.6 is 34.8 Å². The van der Waals surface area contributed by atoms with Crippen LogP contribution in [0.3, 0.4) is 0 Å². The second-order valence-electron chi connectivity index (χ2n) is 8.82. The molecule has 1 atom stereocenters. The molecule has 0 saturated heterocycles. The summed E-state index contributed by atoms with van der Waals surface area (Å²) >= 11 is 18.7. The van der Waals surface area contributed by atoms with Crippen molar-refractivity contribution in [1.29, 1.82) is 0 Å². The van der Waals surface area contributed by atoms with Gasteiger partial charge in [-0.3, -0.25) is 14.4 Å².